The molecule has 82 valence electrons. The van der Waals surface area contributed by atoms with Gasteiger partial charge in [0.25, 0.3) is 0 Å². The highest BCUT2D eigenvalue weighted by Crippen LogP contribution is 2.29. The number of phenolic OH excluding ortho intramolecular Hbond substituents is 2. The molecule has 0 bridgehead atoms. The van der Waals surface area contributed by atoms with Crippen molar-refractivity contribution in [3.63, 3.8) is 0 Å². The Bertz CT molecular complexity index is 494. The van der Waals surface area contributed by atoms with Gasteiger partial charge in [-0.2, -0.15) is 0 Å². The molecule has 4 N–H and O–H groups in total. The van der Waals surface area contributed by atoms with Crippen LogP contribution in [0.3, 0.4) is 0 Å². The van der Waals surface area contributed by atoms with Crippen LogP contribution in [-0.2, 0) is 0 Å². The molecule has 0 fully saturated rings. The first-order valence-electron chi connectivity index (χ1n) is 4.70. The van der Waals surface area contributed by atoms with Gasteiger partial charge in [0.2, 0.25) is 0 Å². The Morgan fingerprint density at radius 3 is 2.12 bits per heavy atom. The summed E-state index contributed by atoms with van der Waals surface area (Å²) in [6.45, 7) is 0. The number of aromatic hydroxyl groups is 2. The van der Waals surface area contributed by atoms with Gasteiger partial charge in [-0.3, -0.25) is 0 Å². The molecule has 0 unspecified atom stereocenters. The van der Waals surface area contributed by atoms with E-state index in [4.69, 9.17) is 15.6 Å². The predicted octanol–water partition coefficient (Wildman–Crippen LogP) is 2.47. The third-order valence-corrected chi connectivity index (χ3v) is 2.07. The molecule has 4 nitrogen and oxygen atoms in total. The summed E-state index contributed by atoms with van der Waals surface area (Å²) in [6.07, 6.45) is 0. The highest BCUT2D eigenvalue weighted by molar-refractivity contribution is 5.55. The van der Waals surface area contributed by atoms with E-state index in [9.17, 15) is 5.11 Å². The lowest BCUT2D eigenvalue weighted by Gasteiger charge is -2.06. The van der Waals surface area contributed by atoms with Crippen LogP contribution >= 0.6 is 0 Å². The van der Waals surface area contributed by atoms with E-state index in [1.54, 1.807) is 24.3 Å². The van der Waals surface area contributed by atoms with E-state index >= 15 is 0 Å². The molecule has 0 aliphatic heterocycles. The quantitative estimate of drug-likeness (QED) is 0.533. The number of hydrogen-bond acceptors (Lipinski definition) is 4. The Morgan fingerprint density at radius 2 is 1.50 bits per heavy atom. The standard InChI is InChI=1S/C12H11NO3/c13-11-6-5-10(7-12(11)15)16-9-3-1-8(14)2-4-9/h1-7,14-15H,13H2. The molecule has 0 saturated carbocycles. The monoisotopic (exact) mass is 217 g/mol. The van der Waals surface area contributed by atoms with Crippen LogP contribution in [0, 0.1) is 0 Å². The first-order valence-corrected chi connectivity index (χ1v) is 4.70. The van der Waals surface area contributed by atoms with Crippen molar-refractivity contribution >= 4 is 5.69 Å². The minimum absolute atomic E-state index is 0.0173. The third-order valence-electron chi connectivity index (χ3n) is 2.07. The number of phenols is 2. The van der Waals surface area contributed by atoms with Crippen LogP contribution in [0.15, 0.2) is 42.5 Å². The van der Waals surface area contributed by atoms with Crippen LogP contribution in [0.25, 0.3) is 0 Å². The summed E-state index contributed by atoms with van der Waals surface area (Å²) in [5, 5.41) is 18.5. The van der Waals surface area contributed by atoms with Gasteiger partial charge in [0, 0.05) is 6.07 Å². The average Bonchev–Trinajstić information content (AvgIpc) is 2.27. The second-order valence-electron chi connectivity index (χ2n) is 3.32. The molecule has 0 radical (unpaired) electrons. The molecule has 2 aromatic carbocycles. The Labute approximate surface area is 92.5 Å². The summed E-state index contributed by atoms with van der Waals surface area (Å²) in [4.78, 5) is 0. The smallest absolute Gasteiger partial charge is 0.142 e. The Morgan fingerprint density at radius 1 is 0.875 bits per heavy atom. The van der Waals surface area contributed by atoms with Crippen molar-refractivity contribution in [3.05, 3.63) is 42.5 Å². The van der Waals surface area contributed by atoms with E-state index in [2.05, 4.69) is 0 Å². The molecule has 0 aliphatic rings. The highest BCUT2D eigenvalue weighted by atomic mass is 16.5. The fourth-order valence-corrected chi connectivity index (χ4v) is 1.24. The molecule has 2 aromatic rings. The van der Waals surface area contributed by atoms with Crippen LogP contribution in [0.2, 0.25) is 0 Å². The summed E-state index contributed by atoms with van der Waals surface area (Å²) in [6, 6.07) is 10.9. The number of ether oxygens (including phenoxy) is 1. The van der Waals surface area contributed by atoms with Crippen molar-refractivity contribution in [2.24, 2.45) is 0 Å². The summed E-state index contributed by atoms with van der Waals surface area (Å²) in [5.41, 5.74) is 5.77. The summed E-state index contributed by atoms with van der Waals surface area (Å²) in [7, 11) is 0. The Balaban J connectivity index is 2.20. The lowest BCUT2D eigenvalue weighted by Crippen LogP contribution is -1.87. The third kappa shape index (κ3) is 2.17. The maximum absolute atomic E-state index is 9.38. The van der Waals surface area contributed by atoms with Crippen molar-refractivity contribution in [1.29, 1.82) is 0 Å². The number of benzene rings is 2. The van der Waals surface area contributed by atoms with Gasteiger partial charge in [0.15, 0.2) is 0 Å². The first kappa shape index (κ1) is 10.2. The Kier molecular flexibility index (Phi) is 2.55. The first-order chi connectivity index (χ1) is 7.65. The van der Waals surface area contributed by atoms with E-state index in [-0.39, 0.29) is 11.5 Å². The fraction of sp³-hybridized carbons (Fsp3) is 0. The van der Waals surface area contributed by atoms with Crippen LogP contribution in [0.4, 0.5) is 5.69 Å². The molecule has 16 heavy (non-hydrogen) atoms. The fourth-order valence-electron chi connectivity index (χ4n) is 1.24. The van der Waals surface area contributed by atoms with Crippen LogP contribution in [0.5, 0.6) is 23.0 Å². The lowest BCUT2D eigenvalue weighted by molar-refractivity contribution is 0.452. The van der Waals surface area contributed by atoms with Gasteiger partial charge in [0.05, 0.1) is 5.69 Å². The van der Waals surface area contributed by atoms with Crippen molar-refractivity contribution in [2.75, 3.05) is 5.73 Å². The van der Waals surface area contributed by atoms with Crippen molar-refractivity contribution < 1.29 is 14.9 Å². The summed E-state index contributed by atoms with van der Waals surface area (Å²) in [5.74, 6) is 1.21. The average molecular weight is 217 g/mol. The molecule has 0 aromatic heterocycles. The zero-order valence-corrected chi connectivity index (χ0v) is 8.42. The van der Waals surface area contributed by atoms with Gasteiger partial charge in [0.1, 0.15) is 23.0 Å². The second-order valence-corrected chi connectivity index (χ2v) is 3.32. The number of rotatable bonds is 2. The van der Waals surface area contributed by atoms with Crippen molar-refractivity contribution in [1.82, 2.24) is 0 Å². The zero-order chi connectivity index (χ0) is 11.5. The SMILES string of the molecule is Nc1ccc(Oc2ccc(O)cc2)cc1O. The molecule has 0 saturated heterocycles. The van der Waals surface area contributed by atoms with E-state index in [1.165, 1.54) is 18.2 Å². The lowest BCUT2D eigenvalue weighted by atomic mass is 10.3. The summed E-state index contributed by atoms with van der Waals surface area (Å²) < 4.78 is 5.44. The summed E-state index contributed by atoms with van der Waals surface area (Å²) >= 11 is 0. The molecular formula is C12H11NO3. The topological polar surface area (TPSA) is 75.7 Å². The molecule has 0 atom stereocenters. The zero-order valence-electron chi connectivity index (χ0n) is 8.42. The largest absolute Gasteiger partial charge is 0.508 e. The van der Waals surface area contributed by atoms with Gasteiger partial charge in [-0.05, 0) is 36.4 Å². The van der Waals surface area contributed by atoms with Crippen molar-refractivity contribution in [2.45, 2.75) is 0 Å². The Hall–Kier alpha value is -2.36. The second kappa shape index (κ2) is 4.02. The van der Waals surface area contributed by atoms with Crippen LogP contribution < -0.4 is 10.5 Å². The van der Waals surface area contributed by atoms with Gasteiger partial charge in [-0.15, -0.1) is 0 Å². The van der Waals surface area contributed by atoms with Gasteiger partial charge < -0.3 is 20.7 Å². The van der Waals surface area contributed by atoms with Crippen LogP contribution in [0.1, 0.15) is 0 Å². The van der Waals surface area contributed by atoms with E-state index in [1.807, 2.05) is 0 Å². The minimum atomic E-state index is -0.0173. The molecule has 0 spiro atoms. The maximum Gasteiger partial charge on any atom is 0.142 e. The van der Waals surface area contributed by atoms with Gasteiger partial charge in [-0.1, -0.05) is 0 Å². The van der Waals surface area contributed by atoms with Crippen LogP contribution in [-0.4, -0.2) is 10.2 Å². The predicted molar refractivity (Wildman–Crippen MR) is 60.7 cm³/mol. The molecule has 0 aliphatic carbocycles. The minimum Gasteiger partial charge on any atom is -0.508 e. The van der Waals surface area contributed by atoms with E-state index in [0.717, 1.165) is 0 Å². The molecule has 0 amide bonds. The number of nitrogen functional groups attached to an aromatic ring is 1. The highest BCUT2D eigenvalue weighted by Gasteiger charge is 2.01. The van der Waals surface area contributed by atoms with Gasteiger partial charge >= 0.3 is 0 Å². The molecule has 4 heteroatoms. The van der Waals surface area contributed by atoms with Gasteiger partial charge in [-0.25, -0.2) is 0 Å². The van der Waals surface area contributed by atoms with E-state index < -0.39 is 0 Å². The normalized spacial score (nSPS) is 10.0. The molecule has 2 rings (SSSR count). The number of nitrogens with two attached hydrogens (primary N) is 1. The number of anilines is 1. The van der Waals surface area contributed by atoms with Crippen molar-refractivity contribution in [3.8, 4) is 23.0 Å². The number of hydrogen-bond donors (Lipinski definition) is 3. The maximum atomic E-state index is 9.38. The van der Waals surface area contributed by atoms with E-state index in [0.29, 0.717) is 17.2 Å². The molecular weight excluding hydrogens is 206 g/mol. The molecule has 0 heterocycles.